The number of halogens is 3. The van der Waals surface area contributed by atoms with Gasteiger partial charge in [0.1, 0.15) is 21.9 Å². The van der Waals surface area contributed by atoms with E-state index >= 15 is 8.78 Å². The fourth-order valence-corrected chi connectivity index (χ4v) is 5.21. The van der Waals surface area contributed by atoms with E-state index in [4.69, 9.17) is 5.11 Å². The van der Waals surface area contributed by atoms with Crippen molar-refractivity contribution in [3.63, 3.8) is 0 Å². The lowest BCUT2D eigenvalue weighted by Crippen LogP contribution is -2.25. The van der Waals surface area contributed by atoms with Crippen LogP contribution in [-0.4, -0.2) is 52.2 Å². The molecule has 0 aliphatic heterocycles. The van der Waals surface area contributed by atoms with Gasteiger partial charge in [0.05, 0.1) is 11.3 Å². The predicted molar refractivity (Wildman–Crippen MR) is 131 cm³/mol. The number of nitrogens with zero attached hydrogens (tertiary/aromatic N) is 3. The van der Waals surface area contributed by atoms with Crippen molar-refractivity contribution in [2.45, 2.75) is 11.3 Å². The number of imidazole rings is 1. The Morgan fingerprint density at radius 3 is 2.68 bits per heavy atom. The minimum absolute atomic E-state index is 0.0678. The van der Waals surface area contributed by atoms with Crippen molar-refractivity contribution in [3.05, 3.63) is 78.1 Å². The molecule has 2 aromatic carbocycles. The minimum Gasteiger partial charge on any atom is -0.396 e. The van der Waals surface area contributed by atoms with Crippen LogP contribution in [0.2, 0.25) is 0 Å². The van der Waals surface area contributed by atoms with Crippen LogP contribution in [0.25, 0.3) is 27.7 Å². The van der Waals surface area contributed by atoms with Crippen molar-refractivity contribution in [2.24, 2.45) is 0 Å². The summed E-state index contributed by atoms with van der Waals surface area (Å²) in [6.45, 7) is 0.0397. The zero-order valence-corrected chi connectivity index (χ0v) is 20.2. The highest BCUT2D eigenvalue weighted by Crippen LogP contribution is 2.36. The maximum Gasteiger partial charge on any atom is 0.269 e. The molecule has 196 valence electrons. The molecule has 0 bridgehead atoms. The highest BCUT2D eigenvalue weighted by atomic mass is 32.2. The lowest BCUT2D eigenvalue weighted by atomic mass is 10.0. The van der Waals surface area contributed by atoms with Gasteiger partial charge in [-0.2, -0.15) is 5.10 Å². The summed E-state index contributed by atoms with van der Waals surface area (Å²) < 4.78 is 75.4. The summed E-state index contributed by atoms with van der Waals surface area (Å²) in [6, 6.07) is 6.77. The van der Waals surface area contributed by atoms with Gasteiger partial charge in [-0.1, -0.05) is 6.07 Å². The summed E-state index contributed by atoms with van der Waals surface area (Å²) in [5.41, 5.74) is -2.28. The Morgan fingerprint density at radius 2 is 1.89 bits per heavy atom. The SMILES string of the molecule is O=C(NCCCO)c1[nH]nc2c(F)c(-c3c(F)ccc(NS(=O)(=O)c4cccn5ccnc45)c3F)ccc12. The monoisotopic (exact) mass is 544 g/mol. The van der Waals surface area contributed by atoms with Crippen LogP contribution in [0.5, 0.6) is 0 Å². The number of amides is 1. The van der Waals surface area contributed by atoms with E-state index in [9.17, 15) is 17.6 Å². The Kier molecular flexibility index (Phi) is 6.50. The van der Waals surface area contributed by atoms with Crippen LogP contribution in [0.3, 0.4) is 0 Å². The average molecular weight is 545 g/mol. The third kappa shape index (κ3) is 4.33. The van der Waals surface area contributed by atoms with Crippen molar-refractivity contribution in [2.75, 3.05) is 17.9 Å². The summed E-state index contributed by atoms with van der Waals surface area (Å²) in [5.74, 6) is -4.21. The van der Waals surface area contributed by atoms with Gasteiger partial charge < -0.3 is 14.8 Å². The number of carbonyl (C=O) groups is 1. The zero-order chi connectivity index (χ0) is 27.0. The van der Waals surface area contributed by atoms with Crippen LogP contribution >= 0.6 is 0 Å². The van der Waals surface area contributed by atoms with Gasteiger partial charge in [0.25, 0.3) is 15.9 Å². The van der Waals surface area contributed by atoms with E-state index in [1.165, 1.54) is 35.0 Å². The molecule has 0 fully saturated rings. The van der Waals surface area contributed by atoms with E-state index in [1.54, 1.807) is 6.20 Å². The topological polar surface area (TPSA) is 141 Å². The predicted octanol–water partition coefficient (Wildman–Crippen LogP) is 3.21. The molecule has 10 nitrogen and oxygen atoms in total. The molecule has 0 radical (unpaired) electrons. The number of hydrogen-bond acceptors (Lipinski definition) is 6. The number of carbonyl (C=O) groups excluding carboxylic acids is 1. The number of aliphatic hydroxyl groups is 1. The van der Waals surface area contributed by atoms with Crippen molar-refractivity contribution in [3.8, 4) is 11.1 Å². The smallest absolute Gasteiger partial charge is 0.269 e. The van der Waals surface area contributed by atoms with Crippen LogP contribution in [0, 0.1) is 17.5 Å². The van der Waals surface area contributed by atoms with Crippen LogP contribution in [0.1, 0.15) is 16.9 Å². The number of anilines is 1. The van der Waals surface area contributed by atoms with Gasteiger partial charge in [0.15, 0.2) is 17.3 Å². The first-order chi connectivity index (χ1) is 18.2. The van der Waals surface area contributed by atoms with Crippen LogP contribution in [0.4, 0.5) is 18.9 Å². The molecule has 0 atom stereocenters. The highest BCUT2D eigenvalue weighted by molar-refractivity contribution is 7.93. The molecule has 0 saturated carbocycles. The first-order valence-electron chi connectivity index (χ1n) is 11.2. The second-order valence-corrected chi connectivity index (χ2v) is 9.83. The number of benzene rings is 2. The summed E-state index contributed by atoms with van der Waals surface area (Å²) in [7, 11) is -4.37. The zero-order valence-electron chi connectivity index (χ0n) is 19.4. The van der Waals surface area contributed by atoms with Gasteiger partial charge in [0.2, 0.25) is 0 Å². The van der Waals surface area contributed by atoms with Gasteiger partial charge in [0, 0.05) is 42.7 Å². The number of rotatable bonds is 8. The molecule has 0 spiro atoms. The quantitative estimate of drug-likeness (QED) is 0.221. The molecule has 0 unspecified atom stereocenters. The molecule has 0 saturated heterocycles. The van der Waals surface area contributed by atoms with Crippen LogP contribution in [-0.2, 0) is 10.0 Å². The average Bonchev–Trinajstić information content (AvgIpc) is 3.54. The number of aromatic amines is 1. The fourth-order valence-electron chi connectivity index (χ4n) is 3.99. The van der Waals surface area contributed by atoms with Crippen LogP contribution < -0.4 is 10.0 Å². The van der Waals surface area contributed by atoms with Crippen molar-refractivity contribution in [1.29, 1.82) is 0 Å². The van der Waals surface area contributed by atoms with E-state index in [-0.39, 0.29) is 40.3 Å². The molecule has 1 amide bonds. The maximum atomic E-state index is 15.5. The molecule has 5 aromatic rings. The molecule has 0 aliphatic rings. The molecular formula is C24H19F3N6O4S. The molecule has 3 heterocycles. The Bertz CT molecular complexity index is 1800. The molecule has 5 rings (SSSR count). The number of hydrogen-bond donors (Lipinski definition) is 4. The van der Waals surface area contributed by atoms with E-state index in [1.807, 2.05) is 0 Å². The number of sulfonamides is 1. The number of H-pyrrole nitrogens is 1. The second kappa shape index (κ2) is 9.79. The van der Waals surface area contributed by atoms with E-state index in [2.05, 4.69) is 25.2 Å². The lowest BCUT2D eigenvalue weighted by Gasteiger charge is -2.13. The van der Waals surface area contributed by atoms with Gasteiger partial charge in [-0.05, 0) is 36.8 Å². The van der Waals surface area contributed by atoms with Crippen LogP contribution in [0.15, 0.2) is 59.9 Å². The lowest BCUT2D eigenvalue weighted by molar-refractivity contribution is 0.0947. The Morgan fingerprint density at radius 1 is 1.08 bits per heavy atom. The van der Waals surface area contributed by atoms with E-state index in [0.717, 1.165) is 18.2 Å². The largest absolute Gasteiger partial charge is 0.396 e. The molecule has 38 heavy (non-hydrogen) atoms. The summed E-state index contributed by atoms with van der Waals surface area (Å²) >= 11 is 0. The third-order valence-electron chi connectivity index (χ3n) is 5.79. The summed E-state index contributed by atoms with van der Waals surface area (Å²) in [6.07, 6.45) is 4.81. The van der Waals surface area contributed by atoms with Crippen molar-refractivity contribution < 1.29 is 31.5 Å². The molecule has 3 aromatic heterocycles. The van der Waals surface area contributed by atoms with Crippen molar-refractivity contribution >= 4 is 38.2 Å². The maximum absolute atomic E-state index is 15.5. The standard InChI is InChI=1S/C24H19F3N6O4S/c25-15-6-7-16(32-38(36,37)17-3-1-10-33-11-9-28-23(17)33)20(27)18(15)13-4-5-14-21(19(13)26)30-31-22(14)24(35)29-8-2-12-34/h1,3-7,9-11,32,34H,2,8,12H2,(H,29,35)(H,30,31). The normalized spacial score (nSPS) is 11.8. The minimum atomic E-state index is -4.37. The fraction of sp³-hybridized carbons (Fsp3) is 0.125. The van der Waals surface area contributed by atoms with Gasteiger partial charge >= 0.3 is 0 Å². The highest BCUT2D eigenvalue weighted by Gasteiger charge is 2.26. The number of aliphatic hydroxyl groups excluding tert-OH is 1. The van der Waals surface area contributed by atoms with E-state index in [0.29, 0.717) is 6.42 Å². The first kappa shape index (κ1) is 25.2. The molecular weight excluding hydrogens is 525 g/mol. The number of pyridine rings is 1. The first-order valence-corrected chi connectivity index (χ1v) is 12.7. The molecule has 0 aliphatic carbocycles. The Hall–Kier alpha value is -4.43. The Balaban J connectivity index is 1.53. The van der Waals surface area contributed by atoms with E-state index < -0.39 is 50.2 Å². The van der Waals surface area contributed by atoms with Gasteiger partial charge in [-0.3, -0.25) is 14.6 Å². The van der Waals surface area contributed by atoms with Gasteiger partial charge in [-0.25, -0.2) is 26.6 Å². The van der Waals surface area contributed by atoms with Crippen molar-refractivity contribution in [1.82, 2.24) is 24.9 Å². The number of fused-ring (bicyclic) bond motifs is 2. The van der Waals surface area contributed by atoms with Gasteiger partial charge in [-0.15, -0.1) is 0 Å². The number of nitrogens with one attached hydrogen (secondary N) is 3. The summed E-state index contributed by atoms with van der Waals surface area (Å²) in [4.78, 5) is 16.1. The molecule has 14 heteroatoms. The Labute approximate surface area is 213 Å². The molecule has 4 N–H and O–H groups in total. The second-order valence-electron chi connectivity index (χ2n) is 8.17. The number of aromatic nitrogens is 4. The summed E-state index contributed by atoms with van der Waals surface area (Å²) in [5, 5.41) is 17.6. The third-order valence-corrected chi connectivity index (χ3v) is 7.18.